The molecular weight excluding hydrogens is 289 g/mol. The smallest absolute Gasteiger partial charge is 0.338 e. The summed E-state index contributed by atoms with van der Waals surface area (Å²) in [6, 6.07) is 2.97. The van der Waals surface area contributed by atoms with E-state index in [1.54, 1.807) is 0 Å². The van der Waals surface area contributed by atoms with E-state index in [9.17, 15) is 22.8 Å². The summed E-state index contributed by atoms with van der Waals surface area (Å²) < 4.78 is 39.6. The average molecular weight is 296 g/mol. The van der Waals surface area contributed by atoms with Gasteiger partial charge in [0.2, 0.25) is 5.95 Å². The molecule has 2 aromatic rings. The topological polar surface area (TPSA) is 79.3 Å². The van der Waals surface area contributed by atoms with Crippen LogP contribution in [-0.2, 0) is 0 Å². The highest BCUT2D eigenvalue weighted by Gasteiger charge is 2.17. The van der Waals surface area contributed by atoms with Crippen molar-refractivity contribution in [3.63, 3.8) is 0 Å². The minimum atomic E-state index is -1.61. The number of amides is 1. The van der Waals surface area contributed by atoms with Gasteiger partial charge in [-0.05, 0) is 12.1 Å². The Labute approximate surface area is 116 Å². The lowest BCUT2D eigenvalue weighted by atomic mass is 10.1. The number of aromatic carboxylic acids is 1. The predicted molar refractivity (Wildman–Crippen MR) is 65.5 cm³/mol. The summed E-state index contributed by atoms with van der Waals surface area (Å²) in [7, 11) is 0. The van der Waals surface area contributed by atoms with E-state index in [1.165, 1.54) is 6.07 Å². The average Bonchev–Trinajstić information content (AvgIpc) is 2.41. The van der Waals surface area contributed by atoms with Crippen molar-refractivity contribution in [3.05, 3.63) is 59.2 Å². The minimum Gasteiger partial charge on any atom is -0.478 e. The summed E-state index contributed by atoms with van der Waals surface area (Å²) >= 11 is 0. The number of nitrogens with one attached hydrogen (secondary N) is 1. The molecule has 0 fully saturated rings. The van der Waals surface area contributed by atoms with Gasteiger partial charge in [0.05, 0.1) is 11.3 Å². The highest BCUT2D eigenvalue weighted by Crippen LogP contribution is 2.20. The Hall–Kier alpha value is -2.90. The maximum Gasteiger partial charge on any atom is 0.338 e. The number of carboxylic acids is 1. The number of anilines is 1. The largest absolute Gasteiger partial charge is 0.478 e. The van der Waals surface area contributed by atoms with Gasteiger partial charge in [0, 0.05) is 23.9 Å². The molecule has 0 saturated carbocycles. The van der Waals surface area contributed by atoms with E-state index in [0.717, 1.165) is 12.3 Å². The van der Waals surface area contributed by atoms with Gasteiger partial charge in [-0.25, -0.2) is 18.6 Å². The van der Waals surface area contributed by atoms with Crippen molar-refractivity contribution in [3.8, 4) is 0 Å². The van der Waals surface area contributed by atoms with Crippen molar-refractivity contribution in [2.75, 3.05) is 5.32 Å². The second-order valence-corrected chi connectivity index (χ2v) is 3.94. The Bertz CT molecular complexity index is 735. The first-order valence-corrected chi connectivity index (χ1v) is 5.53. The molecule has 0 aliphatic carbocycles. The van der Waals surface area contributed by atoms with Crippen molar-refractivity contribution in [1.29, 1.82) is 0 Å². The molecule has 1 amide bonds. The zero-order chi connectivity index (χ0) is 15.6. The third-order valence-electron chi connectivity index (χ3n) is 2.52. The van der Waals surface area contributed by atoms with Gasteiger partial charge in [-0.15, -0.1) is 0 Å². The van der Waals surface area contributed by atoms with Crippen LogP contribution < -0.4 is 5.32 Å². The van der Waals surface area contributed by atoms with Gasteiger partial charge in [0.1, 0.15) is 11.6 Å². The molecule has 0 bridgehead atoms. The second-order valence-electron chi connectivity index (χ2n) is 3.94. The van der Waals surface area contributed by atoms with Crippen LogP contribution in [0, 0.1) is 17.6 Å². The van der Waals surface area contributed by atoms with Gasteiger partial charge in [0.25, 0.3) is 5.91 Å². The fourth-order valence-electron chi connectivity index (χ4n) is 1.55. The highest BCUT2D eigenvalue weighted by molar-refractivity contribution is 6.04. The lowest BCUT2D eigenvalue weighted by Gasteiger charge is -2.08. The lowest BCUT2D eigenvalue weighted by Crippen LogP contribution is -2.15. The van der Waals surface area contributed by atoms with Crippen LogP contribution in [0.15, 0.2) is 30.5 Å². The molecule has 0 atom stereocenters. The summed E-state index contributed by atoms with van der Waals surface area (Å²) in [5, 5.41) is 10.8. The second kappa shape index (κ2) is 5.61. The number of aromatic nitrogens is 1. The molecular formula is C13H7F3N2O3. The van der Waals surface area contributed by atoms with Crippen LogP contribution in [0.25, 0.3) is 0 Å². The summed E-state index contributed by atoms with van der Waals surface area (Å²) in [4.78, 5) is 25.8. The predicted octanol–water partition coefficient (Wildman–Crippen LogP) is 2.45. The molecule has 2 N–H and O–H groups in total. The van der Waals surface area contributed by atoms with Crippen molar-refractivity contribution < 1.29 is 27.9 Å². The van der Waals surface area contributed by atoms with Crippen LogP contribution >= 0.6 is 0 Å². The van der Waals surface area contributed by atoms with E-state index in [2.05, 4.69) is 4.98 Å². The number of carboxylic acid groups (broad SMARTS) is 1. The lowest BCUT2D eigenvalue weighted by molar-refractivity contribution is 0.0691. The van der Waals surface area contributed by atoms with E-state index in [4.69, 9.17) is 5.11 Å². The normalized spacial score (nSPS) is 10.2. The zero-order valence-electron chi connectivity index (χ0n) is 10.2. The van der Waals surface area contributed by atoms with Crippen molar-refractivity contribution >= 4 is 17.6 Å². The van der Waals surface area contributed by atoms with Crippen LogP contribution in [0.3, 0.4) is 0 Å². The fraction of sp³-hybridized carbons (Fsp3) is 0. The fourth-order valence-corrected chi connectivity index (χ4v) is 1.55. The van der Waals surface area contributed by atoms with Gasteiger partial charge >= 0.3 is 5.97 Å². The standard InChI is InChI=1S/C13H7F3N2O3/c14-8-5-9(15)10(4-7(8)13(20)21)18-12(19)6-1-2-17-11(16)3-6/h1-5H,(H,18,19)(H,20,21). The number of hydrogen-bond acceptors (Lipinski definition) is 3. The zero-order valence-corrected chi connectivity index (χ0v) is 10.2. The summed E-state index contributed by atoms with van der Waals surface area (Å²) in [5.74, 6) is -5.84. The van der Waals surface area contributed by atoms with Crippen LogP contribution in [0.4, 0.5) is 18.9 Å². The number of carbonyl (C=O) groups excluding carboxylic acids is 1. The van der Waals surface area contributed by atoms with Gasteiger partial charge in [-0.2, -0.15) is 4.39 Å². The first-order chi connectivity index (χ1) is 9.88. The highest BCUT2D eigenvalue weighted by atomic mass is 19.1. The molecule has 0 aliphatic heterocycles. The van der Waals surface area contributed by atoms with Crippen LogP contribution in [0.5, 0.6) is 0 Å². The van der Waals surface area contributed by atoms with Crippen molar-refractivity contribution in [1.82, 2.24) is 4.98 Å². The number of halogens is 3. The first kappa shape index (κ1) is 14.5. The van der Waals surface area contributed by atoms with E-state index in [0.29, 0.717) is 12.1 Å². The molecule has 108 valence electrons. The molecule has 1 heterocycles. The SMILES string of the molecule is O=C(Nc1cc(C(=O)O)c(F)cc1F)c1ccnc(F)c1. The van der Waals surface area contributed by atoms with Crippen LogP contribution in [0.1, 0.15) is 20.7 Å². The van der Waals surface area contributed by atoms with Gasteiger partial charge < -0.3 is 10.4 Å². The molecule has 0 spiro atoms. The number of hydrogen-bond donors (Lipinski definition) is 2. The molecule has 0 radical (unpaired) electrons. The Kier molecular flexibility index (Phi) is 3.88. The van der Waals surface area contributed by atoms with Gasteiger partial charge in [-0.3, -0.25) is 4.79 Å². The van der Waals surface area contributed by atoms with E-state index in [1.807, 2.05) is 5.32 Å². The molecule has 8 heteroatoms. The molecule has 1 aromatic heterocycles. The summed E-state index contributed by atoms with van der Waals surface area (Å²) in [6.07, 6.45) is 1.04. The Morgan fingerprint density at radius 1 is 1.10 bits per heavy atom. The molecule has 0 aliphatic rings. The number of benzene rings is 1. The Balaban J connectivity index is 2.33. The number of rotatable bonds is 3. The Morgan fingerprint density at radius 2 is 1.81 bits per heavy atom. The van der Waals surface area contributed by atoms with Crippen molar-refractivity contribution in [2.24, 2.45) is 0 Å². The monoisotopic (exact) mass is 296 g/mol. The molecule has 0 saturated heterocycles. The van der Waals surface area contributed by atoms with E-state index >= 15 is 0 Å². The molecule has 5 nitrogen and oxygen atoms in total. The summed E-state index contributed by atoms with van der Waals surface area (Å²) in [5.41, 5.74) is -1.48. The first-order valence-electron chi connectivity index (χ1n) is 5.53. The van der Waals surface area contributed by atoms with E-state index < -0.39 is 40.7 Å². The third kappa shape index (κ3) is 3.16. The third-order valence-corrected chi connectivity index (χ3v) is 2.52. The number of carbonyl (C=O) groups is 2. The molecule has 1 aromatic carbocycles. The number of nitrogens with zero attached hydrogens (tertiary/aromatic N) is 1. The molecule has 2 rings (SSSR count). The maximum atomic E-state index is 13.5. The van der Waals surface area contributed by atoms with Crippen molar-refractivity contribution in [2.45, 2.75) is 0 Å². The molecule has 0 unspecified atom stereocenters. The maximum absolute atomic E-state index is 13.5. The quantitative estimate of drug-likeness (QED) is 0.853. The van der Waals surface area contributed by atoms with Crippen LogP contribution in [-0.4, -0.2) is 22.0 Å². The van der Waals surface area contributed by atoms with Gasteiger partial charge in [-0.1, -0.05) is 0 Å². The summed E-state index contributed by atoms with van der Waals surface area (Å²) in [6.45, 7) is 0. The minimum absolute atomic E-state index is 0.150. The van der Waals surface area contributed by atoms with E-state index in [-0.39, 0.29) is 5.56 Å². The van der Waals surface area contributed by atoms with Gasteiger partial charge in [0.15, 0.2) is 0 Å². The van der Waals surface area contributed by atoms with Crippen LogP contribution in [0.2, 0.25) is 0 Å². The molecule has 21 heavy (non-hydrogen) atoms. The number of pyridine rings is 1. The Morgan fingerprint density at radius 3 is 2.43 bits per heavy atom.